The van der Waals surface area contributed by atoms with Crippen LogP contribution in [0.4, 0.5) is 0 Å². The Labute approximate surface area is 195 Å². The summed E-state index contributed by atoms with van der Waals surface area (Å²) in [6.45, 7) is 15.4. The first-order valence-electron chi connectivity index (χ1n) is 11.9. The molecule has 3 rings (SSSR count). The van der Waals surface area contributed by atoms with E-state index in [9.17, 15) is 0 Å². The number of halogens is 1. The monoisotopic (exact) mass is 441 g/mol. The zero-order valence-electron chi connectivity index (χ0n) is 19.8. The molecule has 0 bridgehead atoms. The Kier molecular flexibility index (Phi) is 11.1. The van der Waals surface area contributed by atoms with E-state index in [0.29, 0.717) is 11.8 Å². The van der Waals surface area contributed by atoms with Crippen molar-refractivity contribution in [2.75, 3.05) is 19.6 Å². The number of rotatable bonds is 8. The quantitative estimate of drug-likeness (QED) is 0.465. The van der Waals surface area contributed by atoms with Crippen molar-refractivity contribution < 1.29 is 0 Å². The third kappa shape index (κ3) is 7.36. The summed E-state index contributed by atoms with van der Waals surface area (Å²) in [6.07, 6.45) is 13.8. The molecule has 0 amide bonds. The maximum atomic E-state index is 6.31. The highest BCUT2D eigenvalue weighted by Gasteiger charge is 2.31. The van der Waals surface area contributed by atoms with E-state index >= 15 is 0 Å². The van der Waals surface area contributed by atoms with Gasteiger partial charge in [-0.25, -0.2) is 0 Å². The number of allylic oxidation sites excluding steroid dienone is 2. The number of likely N-dealkylation sites (tertiary alicyclic amines) is 1. The molecule has 1 unspecified atom stereocenters. The Bertz CT molecular complexity index is 786. The molecule has 1 N–H and O–H groups in total. The summed E-state index contributed by atoms with van der Waals surface area (Å²) in [5, 5.41) is 3.92. The van der Waals surface area contributed by atoms with E-state index < -0.39 is 0 Å². The van der Waals surface area contributed by atoms with Gasteiger partial charge in [-0.05, 0) is 93.1 Å². The third-order valence-electron chi connectivity index (χ3n) is 6.05. The van der Waals surface area contributed by atoms with Crippen LogP contribution in [0.3, 0.4) is 0 Å². The first kappa shape index (κ1) is 25.4. The number of nitrogens with one attached hydrogen (secondary N) is 1. The average Bonchev–Trinajstić information content (AvgIpc) is 2.82. The molecule has 1 atom stereocenters. The van der Waals surface area contributed by atoms with E-state index in [4.69, 9.17) is 16.6 Å². The lowest BCUT2D eigenvalue weighted by atomic mass is 9.76. The number of aliphatic imine (C=N–C) groups is 1. The highest BCUT2D eigenvalue weighted by Crippen LogP contribution is 2.41. The average molecular weight is 442 g/mol. The van der Waals surface area contributed by atoms with E-state index in [2.05, 4.69) is 55.1 Å². The molecule has 2 heterocycles. The molecule has 0 spiro atoms. The Hall–Kier alpha value is -1.84. The minimum Gasteiger partial charge on any atom is -0.368 e. The summed E-state index contributed by atoms with van der Waals surface area (Å²) < 4.78 is 0. The van der Waals surface area contributed by atoms with E-state index in [1.807, 2.05) is 26.1 Å². The van der Waals surface area contributed by atoms with Gasteiger partial charge in [-0.1, -0.05) is 51.1 Å². The van der Waals surface area contributed by atoms with Crippen molar-refractivity contribution in [2.45, 2.75) is 65.7 Å². The number of hydrogen-bond donors (Lipinski definition) is 1. The minimum absolute atomic E-state index is 0.375. The van der Waals surface area contributed by atoms with Gasteiger partial charge >= 0.3 is 0 Å². The fourth-order valence-electron chi connectivity index (χ4n) is 4.62. The Morgan fingerprint density at radius 1 is 1.29 bits per heavy atom. The van der Waals surface area contributed by atoms with E-state index in [-0.39, 0.29) is 0 Å². The lowest BCUT2D eigenvalue weighted by Gasteiger charge is -2.37. The fourth-order valence-corrected chi connectivity index (χ4v) is 4.81. The summed E-state index contributed by atoms with van der Waals surface area (Å²) in [5.41, 5.74) is 5.39. The van der Waals surface area contributed by atoms with Crippen LogP contribution in [0.2, 0.25) is 5.02 Å². The molecule has 2 aliphatic rings. The van der Waals surface area contributed by atoms with Crippen molar-refractivity contribution in [2.24, 2.45) is 10.9 Å². The molecule has 1 fully saturated rings. The smallest absolute Gasteiger partial charge is 0.0437 e. The number of piperidine rings is 1. The lowest BCUT2D eigenvalue weighted by molar-refractivity contribution is 0.185. The molecule has 0 saturated carbocycles. The summed E-state index contributed by atoms with van der Waals surface area (Å²) >= 11 is 6.31. The topological polar surface area (TPSA) is 27.6 Å². The number of benzene rings is 1. The van der Waals surface area contributed by atoms with Gasteiger partial charge in [-0.3, -0.25) is 9.89 Å². The van der Waals surface area contributed by atoms with Gasteiger partial charge in [0.25, 0.3) is 0 Å². The standard InChI is InChI=1S/C25H34ClN3.C2H6/c1-4-20-16-22(26)9-10-23(20)25(24-8-6-7-13-28-24)21-11-14-29(15-12-21)18-19(3)17-27-5-2;1-2/h5,8-10,13,16-17,21,25,27H,2,4,6-7,11-12,14-15,18H2,1,3H3;1-2H3/b19-17+;. The number of hydrogen-bond acceptors (Lipinski definition) is 3. The molecule has 170 valence electrons. The predicted molar refractivity (Wildman–Crippen MR) is 137 cm³/mol. The van der Waals surface area contributed by atoms with E-state index in [1.54, 1.807) is 6.20 Å². The first-order chi connectivity index (χ1) is 15.1. The molecule has 0 aromatic heterocycles. The van der Waals surface area contributed by atoms with Crippen molar-refractivity contribution in [3.8, 4) is 0 Å². The molecule has 1 aromatic rings. The summed E-state index contributed by atoms with van der Waals surface area (Å²) in [5.74, 6) is 0.995. The van der Waals surface area contributed by atoms with Crippen LogP contribution < -0.4 is 5.32 Å². The van der Waals surface area contributed by atoms with Gasteiger partial charge in [0.2, 0.25) is 0 Å². The number of aryl methyl sites for hydroxylation is 1. The highest BCUT2D eigenvalue weighted by atomic mass is 35.5. The van der Waals surface area contributed by atoms with Crippen LogP contribution in [0.25, 0.3) is 0 Å². The van der Waals surface area contributed by atoms with Gasteiger partial charge in [0.15, 0.2) is 0 Å². The van der Waals surface area contributed by atoms with Crippen LogP contribution in [-0.2, 0) is 6.42 Å². The normalized spacial score (nSPS) is 18.6. The summed E-state index contributed by atoms with van der Waals surface area (Å²) in [6, 6.07) is 6.44. The van der Waals surface area contributed by atoms with E-state index in [0.717, 1.165) is 43.9 Å². The minimum atomic E-state index is 0.375. The largest absolute Gasteiger partial charge is 0.368 e. The van der Waals surface area contributed by atoms with Crippen LogP contribution in [-0.4, -0.2) is 30.7 Å². The van der Waals surface area contributed by atoms with Gasteiger partial charge < -0.3 is 5.32 Å². The molecule has 4 heteroatoms. The highest BCUT2D eigenvalue weighted by molar-refractivity contribution is 6.30. The fraction of sp³-hybridized carbons (Fsp3) is 0.519. The van der Waals surface area contributed by atoms with Crippen LogP contribution in [0.5, 0.6) is 0 Å². The zero-order valence-corrected chi connectivity index (χ0v) is 20.6. The van der Waals surface area contributed by atoms with Crippen molar-refractivity contribution in [1.82, 2.24) is 10.2 Å². The van der Waals surface area contributed by atoms with Crippen LogP contribution in [0.1, 0.15) is 70.4 Å². The molecule has 0 radical (unpaired) electrons. The maximum absolute atomic E-state index is 6.31. The molecule has 3 nitrogen and oxygen atoms in total. The molecule has 2 aliphatic heterocycles. The summed E-state index contributed by atoms with van der Waals surface area (Å²) in [7, 11) is 0. The lowest BCUT2D eigenvalue weighted by Crippen LogP contribution is -2.37. The predicted octanol–water partition coefficient (Wildman–Crippen LogP) is 7.11. The maximum Gasteiger partial charge on any atom is 0.0437 e. The molecule has 1 saturated heterocycles. The Morgan fingerprint density at radius 3 is 2.65 bits per heavy atom. The van der Waals surface area contributed by atoms with Crippen LogP contribution in [0.15, 0.2) is 59.5 Å². The first-order valence-corrected chi connectivity index (χ1v) is 12.3. The van der Waals surface area contributed by atoms with Gasteiger partial charge in [0.05, 0.1) is 0 Å². The second-order valence-corrected chi connectivity index (χ2v) is 8.60. The Morgan fingerprint density at radius 2 is 2.03 bits per heavy atom. The van der Waals surface area contributed by atoms with Crippen LogP contribution in [0, 0.1) is 5.92 Å². The van der Waals surface area contributed by atoms with Gasteiger partial charge in [0.1, 0.15) is 0 Å². The van der Waals surface area contributed by atoms with E-state index in [1.165, 1.54) is 35.2 Å². The van der Waals surface area contributed by atoms with Gasteiger partial charge in [0, 0.05) is 35.6 Å². The van der Waals surface area contributed by atoms with Crippen molar-refractivity contribution >= 4 is 17.8 Å². The van der Waals surface area contributed by atoms with Gasteiger partial charge in [-0.15, -0.1) is 0 Å². The second-order valence-electron chi connectivity index (χ2n) is 8.17. The molecular weight excluding hydrogens is 402 g/mol. The Balaban J connectivity index is 0.00000166. The zero-order chi connectivity index (χ0) is 22.6. The van der Waals surface area contributed by atoms with Gasteiger partial charge in [-0.2, -0.15) is 0 Å². The number of nitrogens with zero attached hydrogens (tertiary/aromatic N) is 2. The van der Waals surface area contributed by atoms with Crippen molar-refractivity contribution in [3.63, 3.8) is 0 Å². The molecule has 31 heavy (non-hydrogen) atoms. The molecule has 1 aromatic carbocycles. The summed E-state index contributed by atoms with van der Waals surface area (Å²) in [4.78, 5) is 7.40. The molecular formula is C27H40ClN3. The molecule has 0 aliphatic carbocycles. The van der Waals surface area contributed by atoms with Crippen molar-refractivity contribution in [1.29, 1.82) is 0 Å². The third-order valence-corrected chi connectivity index (χ3v) is 6.29. The SMILES string of the molecule is C=CN/C=C(\C)CN1CCC(C(C2=CCCC=N2)c2ccc(Cl)cc2CC)CC1.CC. The van der Waals surface area contributed by atoms with Crippen LogP contribution >= 0.6 is 11.6 Å². The van der Waals surface area contributed by atoms with Crippen molar-refractivity contribution in [3.05, 3.63) is 70.7 Å². The second kappa shape index (κ2) is 13.5.